The maximum atomic E-state index is 10.5. The molecule has 1 aromatic carbocycles. The summed E-state index contributed by atoms with van der Waals surface area (Å²) in [4.78, 5) is 10.5. The highest BCUT2D eigenvalue weighted by molar-refractivity contribution is 6.30. The lowest BCUT2D eigenvalue weighted by Gasteiger charge is -2.12. The van der Waals surface area contributed by atoms with Gasteiger partial charge in [-0.25, -0.2) is 0 Å². The number of benzene rings is 1. The fraction of sp³-hybridized carbons (Fsp3) is 0.364. The molecule has 0 saturated carbocycles. The third kappa shape index (κ3) is 4.32. The summed E-state index contributed by atoms with van der Waals surface area (Å²) in [6, 6.07) is 7.34. The van der Waals surface area contributed by atoms with Gasteiger partial charge in [-0.1, -0.05) is 23.7 Å². The Morgan fingerprint density at radius 1 is 1.60 bits per heavy atom. The molecule has 0 spiro atoms. The van der Waals surface area contributed by atoms with E-state index in [1.165, 1.54) is 7.11 Å². The molecule has 1 unspecified atom stereocenters. The van der Waals surface area contributed by atoms with E-state index in [0.29, 0.717) is 11.4 Å². The minimum atomic E-state index is -0.858. The molecule has 0 bridgehead atoms. The molecule has 1 N–H and O–H groups in total. The third-order valence-corrected chi connectivity index (χ3v) is 2.32. The molecule has 3 nitrogen and oxygen atoms in total. The number of methoxy groups -OCH3 is 1. The van der Waals surface area contributed by atoms with Gasteiger partial charge in [-0.15, -0.1) is 0 Å². The first-order valence-corrected chi connectivity index (χ1v) is 4.98. The Kier molecular flexibility index (Phi) is 4.59. The predicted molar refractivity (Wildman–Crippen MR) is 58.2 cm³/mol. The van der Waals surface area contributed by atoms with Gasteiger partial charge in [0.05, 0.1) is 12.5 Å². The minimum absolute atomic E-state index is 0.00299. The van der Waals surface area contributed by atoms with Gasteiger partial charge in [0.25, 0.3) is 0 Å². The van der Waals surface area contributed by atoms with E-state index >= 15 is 0 Å². The van der Waals surface area contributed by atoms with Gasteiger partial charge in [-0.2, -0.15) is 0 Å². The van der Waals surface area contributed by atoms with Crippen LogP contribution in [0.25, 0.3) is 0 Å². The van der Waals surface area contributed by atoms with Crippen molar-refractivity contribution in [3.8, 4) is 0 Å². The zero-order chi connectivity index (χ0) is 11.3. The topological polar surface area (TPSA) is 46.5 Å². The number of carboxylic acid groups (broad SMARTS) is 1. The quantitative estimate of drug-likeness (QED) is 0.842. The van der Waals surface area contributed by atoms with Gasteiger partial charge in [-0.3, -0.25) is 4.79 Å². The van der Waals surface area contributed by atoms with Crippen LogP contribution in [0.5, 0.6) is 0 Å². The lowest BCUT2D eigenvalue weighted by molar-refractivity contribution is -0.139. The number of halogens is 1. The molecule has 0 aliphatic heterocycles. The predicted octanol–water partition coefficient (Wildman–Crippen LogP) is 2.37. The first-order valence-electron chi connectivity index (χ1n) is 4.61. The smallest absolute Gasteiger partial charge is 0.305 e. The van der Waals surface area contributed by atoms with E-state index in [1.807, 2.05) is 18.2 Å². The number of carbonyl (C=O) groups is 1. The van der Waals surface area contributed by atoms with Crippen LogP contribution in [0.4, 0.5) is 0 Å². The number of carboxylic acids is 1. The van der Waals surface area contributed by atoms with Crippen molar-refractivity contribution in [1.82, 2.24) is 0 Å². The Labute approximate surface area is 93.6 Å². The molecular weight excluding hydrogens is 216 g/mol. The molecular formula is C11H13ClO3. The van der Waals surface area contributed by atoms with Crippen LogP contribution < -0.4 is 0 Å². The molecule has 15 heavy (non-hydrogen) atoms. The van der Waals surface area contributed by atoms with Crippen LogP contribution in [-0.2, 0) is 16.0 Å². The molecule has 0 radical (unpaired) electrons. The van der Waals surface area contributed by atoms with Crippen LogP contribution in [0, 0.1) is 0 Å². The monoisotopic (exact) mass is 228 g/mol. The fourth-order valence-corrected chi connectivity index (χ4v) is 1.57. The molecule has 0 aliphatic rings. The number of hydrogen-bond donors (Lipinski definition) is 1. The Bertz CT molecular complexity index is 338. The normalized spacial score (nSPS) is 12.4. The van der Waals surface area contributed by atoms with Gasteiger partial charge in [-0.05, 0) is 24.1 Å². The van der Waals surface area contributed by atoms with Crippen molar-refractivity contribution in [2.75, 3.05) is 7.11 Å². The second kappa shape index (κ2) is 5.73. The van der Waals surface area contributed by atoms with Crippen LogP contribution in [0.2, 0.25) is 5.02 Å². The average molecular weight is 229 g/mol. The maximum absolute atomic E-state index is 10.5. The SMILES string of the molecule is COC(CC(=O)O)Cc1cccc(Cl)c1. The number of ether oxygens (including phenoxy) is 1. The first-order chi connectivity index (χ1) is 7.11. The zero-order valence-electron chi connectivity index (χ0n) is 8.44. The van der Waals surface area contributed by atoms with Gasteiger partial charge in [0.15, 0.2) is 0 Å². The Hall–Kier alpha value is -1.06. The molecule has 1 aromatic rings. The molecule has 82 valence electrons. The first kappa shape index (κ1) is 12.0. The van der Waals surface area contributed by atoms with E-state index in [0.717, 1.165) is 5.56 Å². The Morgan fingerprint density at radius 2 is 2.33 bits per heavy atom. The summed E-state index contributed by atoms with van der Waals surface area (Å²) >= 11 is 5.82. The minimum Gasteiger partial charge on any atom is -0.481 e. The van der Waals surface area contributed by atoms with Crippen molar-refractivity contribution >= 4 is 17.6 Å². The summed E-state index contributed by atoms with van der Waals surface area (Å²) in [5.74, 6) is -0.858. The average Bonchev–Trinajstić information content (AvgIpc) is 2.16. The Morgan fingerprint density at radius 3 is 2.87 bits per heavy atom. The van der Waals surface area contributed by atoms with Crippen molar-refractivity contribution in [1.29, 1.82) is 0 Å². The summed E-state index contributed by atoms with van der Waals surface area (Å²) in [5, 5.41) is 9.29. The van der Waals surface area contributed by atoms with Gasteiger partial charge in [0.1, 0.15) is 0 Å². The van der Waals surface area contributed by atoms with Crippen LogP contribution in [0.1, 0.15) is 12.0 Å². The van der Waals surface area contributed by atoms with Gasteiger partial charge in [0, 0.05) is 12.1 Å². The fourth-order valence-electron chi connectivity index (χ4n) is 1.36. The number of aliphatic carboxylic acids is 1. The summed E-state index contributed by atoms with van der Waals surface area (Å²) in [6.45, 7) is 0. The second-order valence-corrected chi connectivity index (χ2v) is 3.73. The summed E-state index contributed by atoms with van der Waals surface area (Å²) in [5.41, 5.74) is 0.982. The van der Waals surface area contributed by atoms with Gasteiger partial charge in [0.2, 0.25) is 0 Å². The van der Waals surface area contributed by atoms with Crippen LogP contribution in [-0.4, -0.2) is 24.3 Å². The number of rotatable bonds is 5. The second-order valence-electron chi connectivity index (χ2n) is 3.29. The van der Waals surface area contributed by atoms with E-state index < -0.39 is 5.97 Å². The molecule has 0 saturated heterocycles. The van der Waals surface area contributed by atoms with Crippen molar-refractivity contribution in [2.24, 2.45) is 0 Å². The van der Waals surface area contributed by atoms with E-state index in [2.05, 4.69) is 0 Å². The highest BCUT2D eigenvalue weighted by Crippen LogP contribution is 2.14. The van der Waals surface area contributed by atoms with Crippen molar-refractivity contribution in [2.45, 2.75) is 18.9 Å². The van der Waals surface area contributed by atoms with Crippen molar-refractivity contribution in [3.05, 3.63) is 34.9 Å². The van der Waals surface area contributed by atoms with Crippen LogP contribution in [0.3, 0.4) is 0 Å². The Balaban J connectivity index is 2.62. The van der Waals surface area contributed by atoms with E-state index in [1.54, 1.807) is 6.07 Å². The molecule has 0 heterocycles. The molecule has 1 rings (SSSR count). The van der Waals surface area contributed by atoms with E-state index in [9.17, 15) is 4.79 Å². The number of hydrogen-bond acceptors (Lipinski definition) is 2. The van der Waals surface area contributed by atoms with Crippen LogP contribution >= 0.6 is 11.6 Å². The van der Waals surface area contributed by atoms with Crippen molar-refractivity contribution in [3.63, 3.8) is 0 Å². The standard InChI is InChI=1S/C11H13ClO3/c1-15-10(7-11(13)14)6-8-3-2-4-9(12)5-8/h2-5,10H,6-7H2,1H3,(H,13,14). The maximum Gasteiger partial charge on any atom is 0.305 e. The highest BCUT2D eigenvalue weighted by atomic mass is 35.5. The summed E-state index contributed by atoms with van der Waals surface area (Å²) in [7, 11) is 1.51. The largest absolute Gasteiger partial charge is 0.481 e. The molecule has 0 aromatic heterocycles. The molecule has 1 atom stereocenters. The molecule has 0 amide bonds. The van der Waals surface area contributed by atoms with E-state index in [4.69, 9.17) is 21.4 Å². The summed E-state index contributed by atoms with van der Waals surface area (Å²) in [6.07, 6.45) is 0.257. The lowest BCUT2D eigenvalue weighted by Crippen LogP contribution is -2.18. The van der Waals surface area contributed by atoms with E-state index in [-0.39, 0.29) is 12.5 Å². The molecule has 4 heteroatoms. The molecule has 0 fully saturated rings. The lowest BCUT2D eigenvalue weighted by atomic mass is 10.1. The van der Waals surface area contributed by atoms with Crippen molar-refractivity contribution < 1.29 is 14.6 Å². The zero-order valence-corrected chi connectivity index (χ0v) is 9.20. The highest BCUT2D eigenvalue weighted by Gasteiger charge is 2.12. The third-order valence-electron chi connectivity index (χ3n) is 2.09. The summed E-state index contributed by atoms with van der Waals surface area (Å²) < 4.78 is 5.08. The van der Waals surface area contributed by atoms with Gasteiger partial charge >= 0.3 is 5.97 Å². The molecule has 0 aliphatic carbocycles. The van der Waals surface area contributed by atoms with Crippen LogP contribution in [0.15, 0.2) is 24.3 Å². The van der Waals surface area contributed by atoms with Gasteiger partial charge < -0.3 is 9.84 Å².